The fourth-order valence-corrected chi connectivity index (χ4v) is 3.16. The maximum Gasteiger partial charge on any atom is 0.0701 e. The standard InChI is InChI=1S/C24H49ClO5/c1-2-3-4-5-6-7-9-12-15-26-17-19-28-21-23-30-24-22-29-20-18-27-16-13-10-8-11-14-25/h2-24H2,1H3. The van der Waals surface area contributed by atoms with Crippen molar-refractivity contribution in [2.75, 3.05) is 71.9 Å². The number of hydrogen-bond acceptors (Lipinski definition) is 5. The summed E-state index contributed by atoms with van der Waals surface area (Å²) in [7, 11) is 0. The van der Waals surface area contributed by atoms with Gasteiger partial charge in [0, 0.05) is 19.1 Å². The summed E-state index contributed by atoms with van der Waals surface area (Å²) < 4.78 is 27.6. The van der Waals surface area contributed by atoms with E-state index in [9.17, 15) is 0 Å². The van der Waals surface area contributed by atoms with Crippen LogP contribution in [-0.2, 0) is 23.7 Å². The molecule has 0 aromatic rings. The molecule has 0 heterocycles. The van der Waals surface area contributed by atoms with Crippen molar-refractivity contribution in [2.45, 2.75) is 84.0 Å². The van der Waals surface area contributed by atoms with Gasteiger partial charge in [-0.1, -0.05) is 64.7 Å². The Morgan fingerprint density at radius 3 is 1.03 bits per heavy atom. The van der Waals surface area contributed by atoms with Crippen LogP contribution in [0.5, 0.6) is 0 Å². The van der Waals surface area contributed by atoms with E-state index >= 15 is 0 Å². The highest BCUT2D eigenvalue weighted by Crippen LogP contribution is 2.08. The van der Waals surface area contributed by atoms with Crippen LogP contribution in [0.1, 0.15) is 84.0 Å². The summed E-state index contributed by atoms with van der Waals surface area (Å²) in [4.78, 5) is 0. The molecular weight excluding hydrogens is 404 g/mol. The van der Waals surface area contributed by atoms with Gasteiger partial charge in [0.2, 0.25) is 0 Å². The zero-order chi connectivity index (χ0) is 21.8. The van der Waals surface area contributed by atoms with E-state index in [-0.39, 0.29) is 0 Å². The van der Waals surface area contributed by atoms with Crippen LogP contribution in [0, 0.1) is 0 Å². The molecule has 0 atom stereocenters. The molecule has 30 heavy (non-hydrogen) atoms. The van der Waals surface area contributed by atoms with Crippen LogP contribution >= 0.6 is 11.6 Å². The molecule has 0 saturated carbocycles. The monoisotopic (exact) mass is 452 g/mol. The number of unbranched alkanes of at least 4 members (excludes halogenated alkanes) is 10. The van der Waals surface area contributed by atoms with Crippen LogP contribution in [0.4, 0.5) is 0 Å². The van der Waals surface area contributed by atoms with Gasteiger partial charge in [-0.2, -0.15) is 0 Å². The summed E-state index contributed by atoms with van der Waals surface area (Å²) in [5.41, 5.74) is 0. The SMILES string of the molecule is CCCCCCCCCCOCCOCCOCCOCCOCCCCCCCl. The van der Waals surface area contributed by atoms with Gasteiger partial charge >= 0.3 is 0 Å². The minimum absolute atomic E-state index is 0.594. The molecule has 182 valence electrons. The molecule has 0 bridgehead atoms. The molecule has 0 amide bonds. The van der Waals surface area contributed by atoms with Crippen molar-refractivity contribution in [1.29, 1.82) is 0 Å². The Kier molecular flexibility index (Phi) is 29.2. The van der Waals surface area contributed by atoms with Crippen LogP contribution in [0.3, 0.4) is 0 Å². The highest BCUT2D eigenvalue weighted by Gasteiger charge is 1.95. The summed E-state index contributed by atoms with van der Waals surface area (Å²) in [6.07, 6.45) is 15.2. The van der Waals surface area contributed by atoms with E-state index in [2.05, 4.69) is 6.92 Å². The first-order valence-corrected chi connectivity index (χ1v) is 12.9. The molecule has 0 N–H and O–H groups in total. The number of halogens is 1. The first kappa shape index (κ1) is 30.1. The van der Waals surface area contributed by atoms with Crippen molar-refractivity contribution in [3.8, 4) is 0 Å². The summed E-state index contributed by atoms with van der Waals surface area (Å²) >= 11 is 5.64. The van der Waals surface area contributed by atoms with Gasteiger partial charge < -0.3 is 23.7 Å². The third kappa shape index (κ3) is 28.1. The Bertz CT molecular complexity index is 267. The number of rotatable bonds is 27. The van der Waals surface area contributed by atoms with E-state index < -0.39 is 0 Å². The maximum atomic E-state index is 5.64. The topological polar surface area (TPSA) is 46.2 Å². The van der Waals surface area contributed by atoms with Crippen LogP contribution in [0.25, 0.3) is 0 Å². The lowest BCUT2D eigenvalue weighted by molar-refractivity contribution is -0.0114. The second-order valence-corrected chi connectivity index (χ2v) is 8.02. The van der Waals surface area contributed by atoms with E-state index in [4.69, 9.17) is 35.3 Å². The van der Waals surface area contributed by atoms with Gasteiger partial charge in [-0.3, -0.25) is 0 Å². The van der Waals surface area contributed by atoms with Crippen molar-refractivity contribution in [2.24, 2.45) is 0 Å². The molecule has 6 heteroatoms. The molecule has 0 spiro atoms. The highest BCUT2D eigenvalue weighted by molar-refractivity contribution is 6.17. The summed E-state index contributed by atoms with van der Waals surface area (Å²) in [5, 5.41) is 0. The maximum absolute atomic E-state index is 5.64. The fourth-order valence-electron chi connectivity index (χ4n) is 2.97. The smallest absolute Gasteiger partial charge is 0.0701 e. The lowest BCUT2D eigenvalue weighted by atomic mass is 10.1. The molecule has 0 rings (SSSR count). The Hall–Kier alpha value is 0.0900. The van der Waals surface area contributed by atoms with E-state index in [0.717, 1.165) is 38.4 Å². The molecule has 5 nitrogen and oxygen atoms in total. The molecule has 0 aromatic carbocycles. The lowest BCUT2D eigenvalue weighted by Crippen LogP contribution is -2.13. The van der Waals surface area contributed by atoms with Crippen molar-refractivity contribution >= 4 is 11.6 Å². The zero-order valence-electron chi connectivity index (χ0n) is 19.7. The largest absolute Gasteiger partial charge is 0.379 e. The molecule has 0 aliphatic heterocycles. The molecule has 0 unspecified atom stereocenters. The predicted octanol–water partition coefficient (Wildman–Crippen LogP) is 6.01. The second-order valence-electron chi connectivity index (χ2n) is 7.64. The lowest BCUT2D eigenvalue weighted by Gasteiger charge is -2.08. The Morgan fingerprint density at radius 1 is 0.367 bits per heavy atom. The number of ether oxygens (including phenoxy) is 5. The molecule has 0 radical (unpaired) electrons. The molecule has 0 aliphatic carbocycles. The van der Waals surface area contributed by atoms with Gasteiger partial charge in [0.15, 0.2) is 0 Å². The zero-order valence-corrected chi connectivity index (χ0v) is 20.4. The Balaban J connectivity index is 2.97. The van der Waals surface area contributed by atoms with Crippen molar-refractivity contribution < 1.29 is 23.7 Å². The van der Waals surface area contributed by atoms with Gasteiger partial charge in [-0.15, -0.1) is 11.6 Å². The van der Waals surface area contributed by atoms with Crippen LogP contribution < -0.4 is 0 Å². The highest BCUT2D eigenvalue weighted by atomic mass is 35.5. The Morgan fingerprint density at radius 2 is 0.667 bits per heavy atom. The molecule has 0 fully saturated rings. The van der Waals surface area contributed by atoms with Crippen LogP contribution in [0.2, 0.25) is 0 Å². The number of hydrogen-bond donors (Lipinski definition) is 0. The quantitative estimate of drug-likeness (QED) is 0.113. The van der Waals surface area contributed by atoms with Crippen LogP contribution in [0.15, 0.2) is 0 Å². The first-order chi connectivity index (χ1) is 14.9. The molecular formula is C24H49ClO5. The summed E-state index contributed by atoms with van der Waals surface area (Å²) in [6, 6.07) is 0. The van der Waals surface area contributed by atoms with Gasteiger partial charge in [0.05, 0.1) is 52.9 Å². The second kappa shape index (κ2) is 29.1. The van der Waals surface area contributed by atoms with E-state index in [1.807, 2.05) is 0 Å². The van der Waals surface area contributed by atoms with E-state index in [0.29, 0.717) is 52.9 Å². The molecule has 0 aromatic heterocycles. The Labute approximate surface area is 191 Å². The van der Waals surface area contributed by atoms with Crippen molar-refractivity contribution in [3.05, 3.63) is 0 Å². The van der Waals surface area contributed by atoms with Gasteiger partial charge in [0.25, 0.3) is 0 Å². The fraction of sp³-hybridized carbons (Fsp3) is 1.00. The van der Waals surface area contributed by atoms with Gasteiger partial charge in [0.1, 0.15) is 0 Å². The summed E-state index contributed by atoms with van der Waals surface area (Å²) in [5.74, 6) is 0.761. The average Bonchev–Trinajstić information content (AvgIpc) is 2.76. The molecule has 0 saturated heterocycles. The van der Waals surface area contributed by atoms with E-state index in [1.165, 1.54) is 57.8 Å². The molecule has 0 aliphatic rings. The van der Waals surface area contributed by atoms with Gasteiger partial charge in [-0.05, 0) is 19.3 Å². The third-order valence-corrected chi connectivity index (χ3v) is 5.07. The number of alkyl halides is 1. The van der Waals surface area contributed by atoms with Gasteiger partial charge in [-0.25, -0.2) is 0 Å². The van der Waals surface area contributed by atoms with Crippen molar-refractivity contribution in [1.82, 2.24) is 0 Å². The third-order valence-electron chi connectivity index (χ3n) is 4.80. The predicted molar refractivity (Wildman–Crippen MR) is 126 cm³/mol. The minimum atomic E-state index is 0.594. The van der Waals surface area contributed by atoms with Crippen LogP contribution in [-0.4, -0.2) is 71.9 Å². The average molecular weight is 453 g/mol. The van der Waals surface area contributed by atoms with Crippen molar-refractivity contribution in [3.63, 3.8) is 0 Å². The minimum Gasteiger partial charge on any atom is -0.379 e. The summed E-state index contributed by atoms with van der Waals surface area (Å²) in [6.45, 7) is 8.90. The first-order valence-electron chi connectivity index (χ1n) is 12.4. The normalized spacial score (nSPS) is 11.4. The van der Waals surface area contributed by atoms with E-state index in [1.54, 1.807) is 0 Å².